The Bertz CT molecular complexity index is 1290. The highest BCUT2D eigenvalue weighted by atomic mass is 16.5. The van der Waals surface area contributed by atoms with Gasteiger partial charge in [-0.05, 0) is 53.8 Å². The third kappa shape index (κ3) is 4.34. The number of pyridine rings is 1. The summed E-state index contributed by atoms with van der Waals surface area (Å²) < 4.78 is 5.32. The minimum Gasteiger partial charge on any atom is -0.481 e. The van der Waals surface area contributed by atoms with Gasteiger partial charge in [0.05, 0.1) is 25.8 Å². The molecular weight excluding hydrogens is 436 g/mol. The average Bonchev–Trinajstić information content (AvgIpc) is 3.30. The van der Waals surface area contributed by atoms with Crippen molar-refractivity contribution in [2.24, 2.45) is 4.99 Å². The number of hydrogen-bond donors (Lipinski definition) is 0. The number of likely N-dealkylation sites (tertiary alicyclic amines) is 1. The number of benzene rings is 2. The zero-order valence-corrected chi connectivity index (χ0v) is 20.1. The van der Waals surface area contributed by atoms with Crippen molar-refractivity contribution in [2.45, 2.75) is 44.9 Å². The van der Waals surface area contributed by atoms with Crippen molar-refractivity contribution in [1.82, 2.24) is 14.8 Å². The summed E-state index contributed by atoms with van der Waals surface area (Å²) in [5.74, 6) is 0.841. The number of ether oxygens (including phenoxy) is 1. The third-order valence-corrected chi connectivity index (χ3v) is 7.48. The minimum absolute atomic E-state index is 0.252. The van der Waals surface area contributed by atoms with E-state index < -0.39 is 0 Å². The molecule has 3 aromatic rings. The maximum atomic E-state index is 13.2. The zero-order valence-electron chi connectivity index (χ0n) is 20.1. The molecule has 0 N–H and O–H groups in total. The van der Waals surface area contributed by atoms with Crippen molar-refractivity contribution in [2.75, 3.05) is 20.2 Å². The van der Waals surface area contributed by atoms with Gasteiger partial charge >= 0.3 is 0 Å². The van der Waals surface area contributed by atoms with Crippen molar-refractivity contribution in [3.8, 4) is 5.88 Å². The number of aromatic nitrogens is 1. The van der Waals surface area contributed by atoms with Crippen LogP contribution < -0.4 is 4.74 Å². The van der Waals surface area contributed by atoms with Gasteiger partial charge in [0.15, 0.2) is 0 Å². The number of nitrogens with zero attached hydrogens (tertiary/aromatic N) is 4. The second-order valence-electron chi connectivity index (χ2n) is 9.74. The van der Waals surface area contributed by atoms with E-state index in [9.17, 15) is 4.79 Å². The van der Waals surface area contributed by atoms with Gasteiger partial charge in [-0.2, -0.15) is 0 Å². The second kappa shape index (κ2) is 9.27. The first-order chi connectivity index (χ1) is 17.2. The number of fused-ring (bicyclic) bond motifs is 2. The smallest absolute Gasteiger partial charge is 0.227 e. The molecule has 0 unspecified atom stereocenters. The lowest BCUT2D eigenvalue weighted by Crippen LogP contribution is -2.51. The number of amides is 1. The molecule has 0 saturated carbocycles. The summed E-state index contributed by atoms with van der Waals surface area (Å²) in [4.78, 5) is 26.9. The van der Waals surface area contributed by atoms with E-state index in [4.69, 9.17) is 9.73 Å². The highest BCUT2D eigenvalue weighted by Gasteiger charge is 2.33. The molecule has 2 aromatic carbocycles. The topological polar surface area (TPSA) is 58.0 Å². The number of carbonyl (C=O) groups excluding carboxylic acids is 1. The van der Waals surface area contributed by atoms with Crippen LogP contribution in [0.5, 0.6) is 5.88 Å². The SMILES string of the molecule is COc1cc(C2=NCc3cc4c(cc32)CN([C@@H]2CCCN(Cc3ccccc3)C2)C(=O)C4)ccn1. The Morgan fingerprint density at radius 3 is 2.80 bits per heavy atom. The Labute approximate surface area is 206 Å². The average molecular weight is 467 g/mol. The number of hydrogen-bond acceptors (Lipinski definition) is 5. The van der Waals surface area contributed by atoms with E-state index in [-0.39, 0.29) is 11.9 Å². The fraction of sp³-hybridized carbons (Fsp3) is 0.345. The molecule has 3 aliphatic heterocycles. The molecule has 6 heteroatoms. The van der Waals surface area contributed by atoms with Crippen LogP contribution in [0.4, 0.5) is 0 Å². The van der Waals surface area contributed by atoms with Crippen LogP contribution in [0.3, 0.4) is 0 Å². The van der Waals surface area contributed by atoms with Gasteiger partial charge in [0.25, 0.3) is 0 Å². The predicted octanol–water partition coefficient (Wildman–Crippen LogP) is 3.99. The number of carbonyl (C=O) groups is 1. The summed E-state index contributed by atoms with van der Waals surface area (Å²) in [5.41, 5.74) is 8.10. The van der Waals surface area contributed by atoms with E-state index in [1.165, 1.54) is 22.3 Å². The normalized spacial score (nSPS) is 19.8. The maximum Gasteiger partial charge on any atom is 0.227 e. The Balaban J connectivity index is 1.22. The molecule has 1 saturated heterocycles. The van der Waals surface area contributed by atoms with Gasteiger partial charge in [-0.25, -0.2) is 4.98 Å². The van der Waals surface area contributed by atoms with Crippen LogP contribution in [-0.2, 0) is 30.8 Å². The highest BCUT2D eigenvalue weighted by Crippen LogP contribution is 2.32. The molecule has 1 amide bonds. The van der Waals surface area contributed by atoms with E-state index in [1.54, 1.807) is 13.3 Å². The van der Waals surface area contributed by atoms with Gasteiger partial charge in [-0.1, -0.05) is 36.4 Å². The van der Waals surface area contributed by atoms with Crippen LogP contribution in [0.1, 0.15) is 46.2 Å². The number of methoxy groups -OCH3 is 1. The molecular formula is C29H30N4O2. The summed E-state index contributed by atoms with van der Waals surface area (Å²) in [6, 6.07) is 19.3. The first-order valence-corrected chi connectivity index (χ1v) is 12.4. The summed E-state index contributed by atoms with van der Waals surface area (Å²) in [6.07, 6.45) is 4.44. The van der Waals surface area contributed by atoms with Crippen LogP contribution >= 0.6 is 0 Å². The number of aliphatic imine (C=N–C) groups is 1. The molecule has 0 spiro atoms. The van der Waals surface area contributed by atoms with Crippen LogP contribution in [0, 0.1) is 0 Å². The van der Waals surface area contributed by atoms with Crippen LogP contribution in [0.15, 0.2) is 65.8 Å². The molecule has 4 heterocycles. The quantitative estimate of drug-likeness (QED) is 0.571. The van der Waals surface area contributed by atoms with Crippen LogP contribution in [-0.4, -0.2) is 52.6 Å². The van der Waals surface area contributed by atoms with Gasteiger partial charge in [0, 0.05) is 49.1 Å². The first-order valence-electron chi connectivity index (χ1n) is 12.4. The molecule has 178 valence electrons. The van der Waals surface area contributed by atoms with Gasteiger partial charge in [0.2, 0.25) is 11.8 Å². The Morgan fingerprint density at radius 1 is 1.06 bits per heavy atom. The second-order valence-corrected chi connectivity index (χ2v) is 9.74. The van der Waals surface area contributed by atoms with Crippen LogP contribution in [0.2, 0.25) is 0 Å². The summed E-state index contributed by atoms with van der Waals surface area (Å²) in [7, 11) is 1.63. The molecule has 0 aliphatic carbocycles. The van der Waals surface area contributed by atoms with Crippen molar-refractivity contribution in [1.29, 1.82) is 0 Å². The number of rotatable bonds is 5. The summed E-state index contributed by atoms with van der Waals surface area (Å²) in [6.45, 7) is 4.30. The fourth-order valence-electron chi connectivity index (χ4n) is 5.71. The minimum atomic E-state index is 0.252. The van der Waals surface area contributed by atoms with E-state index in [2.05, 4.69) is 57.2 Å². The highest BCUT2D eigenvalue weighted by molar-refractivity contribution is 6.15. The maximum absolute atomic E-state index is 13.2. The fourth-order valence-corrected chi connectivity index (χ4v) is 5.71. The van der Waals surface area contributed by atoms with Crippen LogP contribution in [0.25, 0.3) is 0 Å². The third-order valence-electron chi connectivity index (χ3n) is 7.48. The zero-order chi connectivity index (χ0) is 23.8. The van der Waals surface area contributed by atoms with Crippen molar-refractivity contribution in [3.63, 3.8) is 0 Å². The molecule has 3 aliphatic rings. The van der Waals surface area contributed by atoms with Gasteiger partial charge in [-0.15, -0.1) is 0 Å². The lowest BCUT2D eigenvalue weighted by Gasteiger charge is -2.41. The monoisotopic (exact) mass is 466 g/mol. The van der Waals surface area contributed by atoms with Crippen molar-refractivity contribution >= 4 is 11.6 Å². The lowest BCUT2D eigenvalue weighted by atomic mass is 9.90. The predicted molar refractivity (Wildman–Crippen MR) is 136 cm³/mol. The van der Waals surface area contributed by atoms with E-state index in [0.29, 0.717) is 25.4 Å². The van der Waals surface area contributed by atoms with Crippen molar-refractivity contribution in [3.05, 3.63) is 94.2 Å². The molecule has 0 bridgehead atoms. The molecule has 1 atom stereocenters. The van der Waals surface area contributed by atoms with Gasteiger partial charge in [-0.3, -0.25) is 14.7 Å². The molecule has 1 fully saturated rings. The number of piperidine rings is 1. The molecule has 1 aromatic heterocycles. The Hall–Kier alpha value is -3.51. The molecule has 35 heavy (non-hydrogen) atoms. The van der Waals surface area contributed by atoms with Crippen molar-refractivity contribution < 1.29 is 9.53 Å². The molecule has 6 nitrogen and oxygen atoms in total. The van der Waals surface area contributed by atoms with E-state index in [0.717, 1.165) is 49.3 Å². The Kier molecular flexibility index (Phi) is 5.82. The van der Waals surface area contributed by atoms with E-state index in [1.807, 2.05) is 12.1 Å². The van der Waals surface area contributed by atoms with Gasteiger partial charge in [0.1, 0.15) is 0 Å². The summed E-state index contributed by atoms with van der Waals surface area (Å²) in [5, 5.41) is 0. The standard InChI is InChI=1S/C29H30N4O2/c1-35-27-14-21(9-10-30-27)29-26-13-24-18-33(28(34)15-22(24)12-23(26)16-31-29)25-8-5-11-32(19-25)17-20-6-3-2-4-7-20/h2-4,6-7,9-10,12-14,25H,5,8,11,15-19H2,1H3/t25-/m1/s1. The lowest BCUT2D eigenvalue weighted by molar-refractivity contribution is -0.135. The molecule has 0 radical (unpaired) electrons. The molecule has 6 rings (SSSR count). The Morgan fingerprint density at radius 2 is 1.94 bits per heavy atom. The summed E-state index contributed by atoms with van der Waals surface area (Å²) >= 11 is 0. The first kappa shape index (κ1) is 22.0. The van der Waals surface area contributed by atoms with Gasteiger partial charge < -0.3 is 9.64 Å². The van der Waals surface area contributed by atoms with E-state index >= 15 is 0 Å². The largest absolute Gasteiger partial charge is 0.481 e.